The van der Waals surface area contributed by atoms with Gasteiger partial charge in [-0.3, -0.25) is 0 Å². The van der Waals surface area contributed by atoms with E-state index in [1.54, 1.807) is 0 Å². The molecule has 4 nitrogen and oxygen atoms in total. The van der Waals surface area contributed by atoms with Crippen molar-refractivity contribution < 1.29 is 8.42 Å². The van der Waals surface area contributed by atoms with Crippen LogP contribution in [0.2, 0.25) is 0 Å². The van der Waals surface area contributed by atoms with Crippen molar-refractivity contribution in [3.63, 3.8) is 0 Å². The van der Waals surface area contributed by atoms with E-state index in [1.807, 2.05) is 0 Å². The van der Waals surface area contributed by atoms with Crippen LogP contribution in [0.3, 0.4) is 0 Å². The quantitative estimate of drug-likeness (QED) is 0.412. The van der Waals surface area contributed by atoms with Gasteiger partial charge in [-0.2, -0.15) is 0 Å². The van der Waals surface area contributed by atoms with Crippen molar-refractivity contribution in [2.75, 3.05) is 18.8 Å². The molecule has 0 aromatic carbocycles. The molecule has 0 aromatic heterocycles. The lowest BCUT2D eigenvalue weighted by Crippen LogP contribution is -2.26. The van der Waals surface area contributed by atoms with Gasteiger partial charge < -0.3 is 11.5 Å². The summed E-state index contributed by atoms with van der Waals surface area (Å²) < 4.78 is 20.1. The summed E-state index contributed by atoms with van der Waals surface area (Å²) in [5.41, 5.74) is 10.4. The molecule has 0 spiro atoms. The second-order valence-electron chi connectivity index (χ2n) is 1.85. The third-order valence-corrected chi connectivity index (χ3v) is 1.89. The van der Waals surface area contributed by atoms with E-state index in [0.29, 0.717) is 13.1 Å². The fourth-order valence-electron chi connectivity index (χ4n) is 0.456. The summed E-state index contributed by atoms with van der Waals surface area (Å²) in [7, 11) is -2.31. The van der Waals surface area contributed by atoms with E-state index >= 15 is 0 Å². The summed E-state index contributed by atoms with van der Waals surface area (Å²) in [6, 6.07) is 0. The lowest BCUT2D eigenvalue weighted by atomic mass is 10.2. The van der Waals surface area contributed by atoms with Gasteiger partial charge in [-0.15, -0.1) is 0 Å². The molecule has 0 saturated carbocycles. The topological polar surface area (TPSA) is 86.2 Å². The van der Waals surface area contributed by atoms with E-state index < -0.39 is 10.7 Å². The Morgan fingerprint density at radius 1 is 1.22 bits per heavy atom. The van der Waals surface area contributed by atoms with Gasteiger partial charge in [-0.05, 0) is 19.0 Å². The first kappa shape index (κ1) is 8.87. The van der Waals surface area contributed by atoms with Gasteiger partial charge in [0.25, 0.3) is 0 Å². The molecule has 0 aliphatic rings. The maximum absolute atomic E-state index is 10.1. The van der Waals surface area contributed by atoms with Crippen LogP contribution in [-0.2, 0) is 10.7 Å². The van der Waals surface area contributed by atoms with Gasteiger partial charge in [0.05, 0.1) is 5.75 Å². The maximum atomic E-state index is 10.1. The minimum atomic E-state index is -2.31. The monoisotopic (exact) mass is 152 g/mol. The van der Waals surface area contributed by atoms with Crippen LogP contribution in [0.25, 0.3) is 0 Å². The Morgan fingerprint density at radius 2 is 1.67 bits per heavy atom. The smallest absolute Gasteiger partial charge is 0.140 e. The minimum absolute atomic E-state index is 0.0638. The van der Waals surface area contributed by atoms with Gasteiger partial charge in [-0.1, -0.05) is 0 Å². The van der Waals surface area contributed by atoms with Crippen LogP contribution < -0.4 is 11.5 Å². The lowest BCUT2D eigenvalue weighted by molar-refractivity contribution is 0.573. The van der Waals surface area contributed by atoms with Gasteiger partial charge in [-0.25, -0.2) is 8.42 Å². The number of hydrogen-bond donors (Lipinski definition) is 3. The molecule has 0 rings (SSSR count). The van der Waals surface area contributed by atoms with Gasteiger partial charge in [0.15, 0.2) is 0 Å². The molecule has 0 radical (unpaired) electrons. The second kappa shape index (κ2) is 4.72. The highest BCUT2D eigenvalue weighted by Crippen LogP contribution is 1.88. The number of rotatable bonds is 4. The predicted octanol–water partition coefficient (Wildman–Crippen LogP) is -1.87. The molecule has 4 N–H and O–H groups in total. The molecule has 0 saturated heterocycles. The molecule has 0 atom stereocenters. The third-order valence-electron chi connectivity index (χ3n) is 1.07. The fraction of sp³-hybridized carbons (Fsp3) is 1.00. The molecule has 0 fully saturated rings. The van der Waals surface area contributed by atoms with Gasteiger partial charge in [0.2, 0.25) is 0 Å². The Hall–Kier alpha value is -0.130. The van der Waals surface area contributed by atoms with Crippen LogP contribution in [0.15, 0.2) is 0 Å². The summed E-state index contributed by atoms with van der Waals surface area (Å²) in [5.74, 6) is 0.0496. The highest BCUT2D eigenvalue weighted by Gasteiger charge is 2.03. The van der Waals surface area contributed by atoms with E-state index in [9.17, 15) is 8.42 Å². The molecular weight excluding hydrogens is 140 g/mol. The largest absolute Gasteiger partial charge is 0.330 e. The summed E-state index contributed by atoms with van der Waals surface area (Å²) in [5, 5.41) is 0. The van der Waals surface area contributed by atoms with Crippen molar-refractivity contribution in [1.29, 1.82) is 0 Å². The van der Waals surface area contributed by atoms with E-state index in [2.05, 4.69) is 0 Å². The zero-order valence-electron chi connectivity index (χ0n) is 5.12. The van der Waals surface area contributed by atoms with E-state index in [1.165, 1.54) is 0 Å². The molecule has 0 aliphatic carbocycles. The van der Waals surface area contributed by atoms with Crippen molar-refractivity contribution in [1.82, 2.24) is 0 Å². The van der Waals surface area contributed by atoms with Crippen molar-refractivity contribution in [2.45, 2.75) is 0 Å². The molecule has 0 aliphatic heterocycles. The maximum Gasteiger partial charge on any atom is 0.140 e. The Morgan fingerprint density at radius 3 is 1.78 bits per heavy atom. The van der Waals surface area contributed by atoms with Crippen LogP contribution >= 0.6 is 0 Å². The second-order valence-corrected chi connectivity index (χ2v) is 2.88. The van der Waals surface area contributed by atoms with Gasteiger partial charge in [0.1, 0.15) is 10.7 Å². The van der Waals surface area contributed by atoms with Crippen molar-refractivity contribution in [3.8, 4) is 0 Å². The Balaban J connectivity index is 3.55. The molecule has 0 amide bonds. The normalized spacial score (nSPS) is 11.1. The Labute approximate surface area is 56.2 Å². The number of nitrogens with two attached hydrogens (primary N) is 2. The summed E-state index contributed by atoms with van der Waals surface area (Å²) in [6.45, 7) is 0.694. The SMILES string of the molecule is NCC(CN)C[SH](=O)=O. The number of thiol groups is 1. The standard InChI is InChI=1S/C4H12N2O2S/c5-1-4(2-6)3-9(7)8/h4,9H,1-3,5-6H2. The average molecular weight is 152 g/mol. The summed E-state index contributed by atoms with van der Waals surface area (Å²) in [4.78, 5) is 0. The molecule has 9 heavy (non-hydrogen) atoms. The van der Waals surface area contributed by atoms with E-state index in [0.717, 1.165) is 0 Å². The predicted molar refractivity (Wildman–Crippen MR) is 36.8 cm³/mol. The van der Waals surface area contributed by atoms with Crippen LogP contribution in [0.5, 0.6) is 0 Å². The van der Waals surface area contributed by atoms with Crippen LogP contribution in [-0.4, -0.2) is 27.3 Å². The molecule has 0 aromatic rings. The number of hydrogen-bond acceptors (Lipinski definition) is 4. The van der Waals surface area contributed by atoms with Crippen molar-refractivity contribution in [2.24, 2.45) is 17.4 Å². The summed E-state index contributed by atoms with van der Waals surface area (Å²) in [6.07, 6.45) is 0. The molecular formula is C4H12N2O2S. The molecule has 0 unspecified atom stereocenters. The van der Waals surface area contributed by atoms with Crippen LogP contribution in [0.1, 0.15) is 0 Å². The lowest BCUT2D eigenvalue weighted by Gasteiger charge is -2.04. The van der Waals surface area contributed by atoms with Crippen LogP contribution in [0.4, 0.5) is 0 Å². The molecule has 0 heterocycles. The molecule has 0 bridgehead atoms. The zero-order chi connectivity index (χ0) is 7.28. The minimum Gasteiger partial charge on any atom is -0.330 e. The highest BCUT2D eigenvalue weighted by molar-refractivity contribution is 7.72. The Kier molecular flexibility index (Phi) is 4.65. The summed E-state index contributed by atoms with van der Waals surface area (Å²) >= 11 is 0. The molecule has 56 valence electrons. The first-order valence-electron chi connectivity index (χ1n) is 2.72. The van der Waals surface area contributed by atoms with E-state index in [-0.39, 0.29) is 11.7 Å². The fourth-order valence-corrected chi connectivity index (χ4v) is 1.18. The third kappa shape index (κ3) is 4.38. The van der Waals surface area contributed by atoms with Crippen LogP contribution in [0, 0.1) is 5.92 Å². The Bertz CT molecular complexity index is 123. The van der Waals surface area contributed by atoms with Crippen molar-refractivity contribution >= 4 is 10.7 Å². The first-order chi connectivity index (χ1) is 4.20. The average Bonchev–Trinajstić information content (AvgIpc) is 1.82. The van der Waals surface area contributed by atoms with Gasteiger partial charge in [0, 0.05) is 0 Å². The van der Waals surface area contributed by atoms with E-state index in [4.69, 9.17) is 11.5 Å². The van der Waals surface area contributed by atoms with Crippen molar-refractivity contribution in [3.05, 3.63) is 0 Å². The highest BCUT2D eigenvalue weighted by atomic mass is 32.2. The first-order valence-corrected chi connectivity index (χ1v) is 4.09. The van der Waals surface area contributed by atoms with Gasteiger partial charge >= 0.3 is 0 Å². The molecule has 5 heteroatoms. The zero-order valence-corrected chi connectivity index (χ0v) is 6.01.